The smallest absolute Gasteiger partial charge is 0.264 e. The molecule has 5 unspecified atom stereocenters. The summed E-state index contributed by atoms with van der Waals surface area (Å²) in [7, 11) is 0. The van der Waals surface area contributed by atoms with Gasteiger partial charge in [0.2, 0.25) is 0 Å². The summed E-state index contributed by atoms with van der Waals surface area (Å²) in [5.74, 6) is 1.92. The Hall–Kier alpha value is -1.38. The molecule has 5 heteroatoms. The third kappa shape index (κ3) is 4.86. The predicted octanol–water partition coefficient (Wildman–Crippen LogP) is 2.72. The molecule has 0 aromatic heterocycles. The second kappa shape index (κ2) is 10.1. The van der Waals surface area contributed by atoms with Crippen molar-refractivity contribution in [3.05, 3.63) is 11.6 Å². The number of carbonyl (C=O) groups excluding carboxylic acids is 1. The van der Waals surface area contributed by atoms with E-state index in [-0.39, 0.29) is 24.1 Å². The van der Waals surface area contributed by atoms with Crippen LogP contribution in [0, 0.1) is 35.0 Å². The van der Waals surface area contributed by atoms with Gasteiger partial charge in [-0.1, -0.05) is 13.8 Å². The number of hydrogen-bond donors (Lipinski definition) is 2. The Labute approximate surface area is 158 Å². The molecule has 146 valence electrons. The number of carbonyl (C=O) groups is 1. The largest absolute Gasteiger partial charge is 0.396 e. The molecule has 1 saturated carbocycles. The van der Waals surface area contributed by atoms with Crippen molar-refractivity contribution < 1.29 is 9.90 Å². The first-order valence-corrected chi connectivity index (χ1v) is 10.3. The predicted molar refractivity (Wildman–Crippen MR) is 103 cm³/mol. The molecule has 26 heavy (non-hydrogen) atoms. The summed E-state index contributed by atoms with van der Waals surface area (Å²) < 4.78 is 0. The van der Waals surface area contributed by atoms with Gasteiger partial charge in [0.1, 0.15) is 11.6 Å². The molecule has 0 aromatic carbocycles. The first-order chi connectivity index (χ1) is 12.5. The highest BCUT2D eigenvalue weighted by Gasteiger charge is 2.42. The summed E-state index contributed by atoms with van der Waals surface area (Å²) >= 11 is 0. The number of amides is 1. The van der Waals surface area contributed by atoms with E-state index in [0.717, 1.165) is 32.4 Å². The highest BCUT2D eigenvalue weighted by Crippen LogP contribution is 2.44. The minimum atomic E-state index is -0.117. The number of aliphatic hydroxyl groups is 1. The molecule has 2 rings (SSSR count). The lowest BCUT2D eigenvalue weighted by Crippen LogP contribution is -2.52. The Morgan fingerprint density at radius 2 is 2.19 bits per heavy atom. The first-order valence-electron chi connectivity index (χ1n) is 10.3. The molecule has 1 heterocycles. The molecule has 1 saturated heterocycles. The van der Waals surface area contributed by atoms with E-state index in [2.05, 4.69) is 32.2 Å². The van der Waals surface area contributed by atoms with Crippen molar-refractivity contribution in [3.8, 4) is 6.07 Å². The monoisotopic (exact) mass is 361 g/mol. The number of fused-ring (bicyclic) bond motifs is 1. The molecule has 0 radical (unpaired) electrons. The number of aliphatic hydroxyl groups excluding tert-OH is 1. The van der Waals surface area contributed by atoms with Gasteiger partial charge < -0.3 is 15.3 Å². The van der Waals surface area contributed by atoms with Crippen LogP contribution in [0.5, 0.6) is 0 Å². The van der Waals surface area contributed by atoms with Gasteiger partial charge in [-0.05, 0) is 75.3 Å². The maximum atomic E-state index is 12.9. The van der Waals surface area contributed by atoms with Crippen LogP contribution in [0.3, 0.4) is 0 Å². The third-order valence-electron chi connectivity index (χ3n) is 6.52. The van der Waals surface area contributed by atoms with Crippen molar-refractivity contribution in [2.75, 3.05) is 26.2 Å². The van der Waals surface area contributed by atoms with E-state index < -0.39 is 0 Å². The first kappa shape index (κ1) is 20.9. The van der Waals surface area contributed by atoms with Crippen LogP contribution in [-0.2, 0) is 4.79 Å². The van der Waals surface area contributed by atoms with E-state index in [1.165, 1.54) is 12.8 Å². The van der Waals surface area contributed by atoms with Crippen LogP contribution >= 0.6 is 0 Å². The highest BCUT2D eigenvalue weighted by atomic mass is 16.3. The average molecular weight is 362 g/mol. The minimum Gasteiger partial charge on any atom is -0.396 e. The summed E-state index contributed by atoms with van der Waals surface area (Å²) in [6, 6.07) is 2.26. The number of hydrogen-bond acceptors (Lipinski definition) is 4. The standard InChI is InChI=1S/C21H35N3O2/c1-4-9-23-10-7-19(13-22)21(26)24-11-8-17-5-6-18(15(2)14-25)12-20(17)16(24)3/h7,15-18,20,23,25H,4-6,8-12,14H2,1-3H3/b19-7+. The molecular weight excluding hydrogens is 326 g/mol. The van der Waals surface area contributed by atoms with Gasteiger partial charge in [0, 0.05) is 25.7 Å². The highest BCUT2D eigenvalue weighted by molar-refractivity contribution is 5.97. The van der Waals surface area contributed by atoms with Gasteiger partial charge in [0.05, 0.1) is 0 Å². The van der Waals surface area contributed by atoms with E-state index >= 15 is 0 Å². The van der Waals surface area contributed by atoms with Crippen LogP contribution in [0.4, 0.5) is 0 Å². The summed E-state index contributed by atoms with van der Waals surface area (Å²) in [4.78, 5) is 14.8. The maximum absolute atomic E-state index is 12.9. The van der Waals surface area contributed by atoms with E-state index in [1.54, 1.807) is 6.08 Å². The number of rotatable bonds is 7. The SMILES string of the molecule is CCCNC/C=C(\C#N)C(=O)N1CCC2CCC(C(C)CO)CC2C1C. The normalized spacial score (nSPS) is 30.4. The fourth-order valence-electron chi connectivity index (χ4n) is 4.73. The van der Waals surface area contributed by atoms with Crippen LogP contribution in [-0.4, -0.2) is 48.2 Å². The molecule has 0 aromatic rings. The van der Waals surface area contributed by atoms with Crippen molar-refractivity contribution in [2.45, 2.75) is 58.9 Å². The summed E-state index contributed by atoms with van der Waals surface area (Å²) in [6.45, 7) is 8.80. The van der Waals surface area contributed by atoms with Crippen LogP contribution in [0.2, 0.25) is 0 Å². The quantitative estimate of drug-likeness (QED) is 0.415. The molecule has 1 aliphatic heterocycles. The van der Waals surface area contributed by atoms with Crippen LogP contribution < -0.4 is 5.32 Å². The molecule has 1 aliphatic carbocycles. The van der Waals surface area contributed by atoms with E-state index in [1.807, 2.05) is 4.90 Å². The number of nitrogens with one attached hydrogen (secondary N) is 1. The Balaban J connectivity index is 2.04. The van der Waals surface area contributed by atoms with Crippen molar-refractivity contribution in [3.63, 3.8) is 0 Å². The van der Waals surface area contributed by atoms with Crippen molar-refractivity contribution in [1.82, 2.24) is 10.2 Å². The Bertz CT molecular complexity index is 540. The molecule has 2 fully saturated rings. The zero-order chi connectivity index (χ0) is 19.1. The number of likely N-dealkylation sites (tertiary alicyclic amines) is 1. The molecule has 5 atom stereocenters. The van der Waals surface area contributed by atoms with Crippen molar-refractivity contribution in [2.24, 2.45) is 23.7 Å². The van der Waals surface area contributed by atoms with Gasteiger partial charge in [-0.3, -0.25) is 4.79 Å². The lowest BCUT2D eigenvalue weighted by Gasteiger charge is -2.49. The zero-order valence-corrected chi connectivity index (χ0v) is 16.6. The zero-order valence-electron chi connectivity index (χ0n) is 16.6. The van der Waals surface area contributed by atoms with Crippen molar-refractivity contribution in [1.29, 1.82) is 5.26 Å². The van der Waals surface area contributed by atoms with E-state index in [0.29, 0.717) is 30.2 Å². The fraction of sp³-hybridized carbons (Fsp3) is 0.810. The fourth-order valence-corrected chi connectivity index (χ4v) is 4.73. The second-order valence-electron chi connectivity index (χ2n) is 8.12. The van der Waals surface area contributed by atoms with Gasteiger partial charge in [0.15, 0.2) is 0 Å². The molecular formula is C21H35N3O2. The molecule has 2 N–H and O–H groups in total. The lowest BCUT2D eigenvalue weighted by atomic mass is 9.65. The Kier molecular flexibility index (Phi) is 8.12. The third-order valence-corrected chi connectivity index (χ3v) is 6.52. The number of piperidine rings is 1. The summed E-state index contributed by atoms with van der Waals surface area (Å²) in [6.07, 6.45) is 7.27. The molecule has 0 bridgehead atoms. The summed E-state index contributed by atoms with van der Waals surface area (Å²) in [5, 5.41) is 22.1. The second-order valence-corrected chi connectivity index (χ2v) is 8.12. The van der Waals surface area contributed by atoms with Gasteiger partial charge in [0.25, 0.3) is 5.91 Å². The van der Waals surface area contributed by atoms with Gasteiger partial charge in [-0.15, -0.1) is 0 Å². The molecule has 5 nitrogen and oxygen atoms in total. The minimum absolute atomic E-state index is 0.117. The average Bonchev–Trinajstić information content (AvgIpc) is 2.67. The van der Waals surface area contributed by atoms with Crippen LogP contribution in [0.25, 0.3) is 0 Å². The number of nitriles is 1. The molecule has 2 aliphatic rings. The summed E-state index contributed by atoms with van der Waals surface area (Å²) in [5.41, 5.74) is 0.259. The van der Waals surface area contributed by atoms with Crippen LogP contribution in [0.15, 0.2) is 11.6 Å². The Morgan fingerprint density at radius 3 is 2.85 bits per heavy atom. The van der Waals surface area contributed by atoms with Gasteiger partial charge in [-0.2, -0.15) is 5.26 Å². The Morgan fingerprint density at radius 1 is 1.42 bits per heavy atom. The lowest BCUT2D eigenvalue weighted by molar-refractivity contribution is -0.134. The maximum Gasteiger partial charge on any atom is 0.264 e. The topological polar surface area (TPSA) is 76.4 Å². The van der Waals surface area contributed by atoms with E-state index in [9.17, 15) is 15.2 Å². The van der Waals surface area contributed by atoms with Crippen molar-refractivity contribution >= 4 is 5.91 Å². The van der Waals surface area contributed by atoms with E-state index in [4.69, 9.17) is 0 Å². The number of nitrogens with zero attached hydrogens (tertiary/aromatic N) is 2. The van der Waals surface area contributed by atoms with Gasteiger partial charge in [-0.25, -0.2) is 0 Å². The molecule has 0 spiro atoms. The molecule has 1 amide bonds. The van der Waals surface area contributed by atoms with Crippen LogP contribution in [0.1, 0.15) is 52.9 Å². The van der Waals surface area contributed by atoms with Gasteiger partial charge >= 0.3 is 0 Å².